The van der Waals surface area contributed by atoms with Crippen LogP contribution in [0.3, 0.4) is 0 Å². The Hall–Kier alpha value is -2.02. The van der Waals surface area contributed by atoms with Gasteiger partial charge in [0.1, 0.15) is 6.61 Å². The second-order valence-corrected chi connectivity index (χ2v) is 3.72. The van der Waals surface area contributed by atoms with E-state index in [1.54, 1.807) is 0 Å². The molecule has 1 aromatic rings. The normalized spacial score (nSPS) is 10.3. The van der Waals surface area contributed by atoms with Crippen molar-refractivity contribution in [2.24, 2.45) is 0 Å². The first-order valence-electron chi connectivity index (χ1n) is 5.42. The summed E-state index contributed by atoms with van der Waals surface area (Å²) in [5.41, 5.74) is 0.0854. The van der Waals surface area contributed by atoms with E-state index in [0.717, 1.165) is 17.0 Å². The molecular formula is C12H13F2NO4. The van der Waals surface area contributed by atoms with Gasteiger partial charge >= 0.3 is 5.97 Å². The summed E-state index contributed by atoms with van der Waals surface area (Å²) in [4.78, 5) is 23.3. The average molecular weight is 273 g/mol. The second kappa shape index (κ2) is 6.79. The molecule has 0 unspecified atom stereocenters. The first-order chi connectivity index (χ1) is 8.95. The molecule has 0 aliphatic rings. The number of nitrogens with zero attached hydrogens (tertiary/aromatic N) is 1. The molecule has 0 bridgehead atoms. The molecule has 7 heteroatoms. The van der Waals surface area contributed by atoms with Crippen LogP contribution in [0.2, 0.25) is 0 Å². The fourth-order valence-corrected chi connectivity index (χ4v) is 1.46. The third kappa shape index (κ3) is 4.29. The van der Waals surface area contributed by atoms with Gasteiger partial charge in [0.15, 0.2) is 11.6 Å². The van der Waals surface area contributed by atoms with Crippen LogP contribution in [0.4, 0.5) is 14.5 Å². The highest BCUT2D eigenvalue weighted by molar-refractivity contribution is 5.94. The largest absolute Gasteiger partial charge is 0.481 e. The lowest BCUT2D eigenvalue weighted by atomic mass is 10.2. The van der Waals surface area contributed by atoms with Gasteiger partial charge < -0.3 is 14.7 Å². The third-order valence-corrected chi connectivity index (χ3v) is 2.33. The Labute approximate surface area is 108 Å². The van der Waals surface area contributed by atoms with Crippen molar-refractivity contribution in [1.82, 2.24) is 0 Å². The van der Waals surface area contributed by atoms with E-state index >= 15 is 0 Å². The summed E-state index contributed by atoms with van der Waals surface area (Å²) < 4.78 is 30.6. The summed E-state index contributed by atoms with van der Waals surface area (Å²) in [6.45, 7) is -0.429. The number of ether oxygens (including phenoxy) is 1. The Morgan fingerprint density at radius 3 is 2.53 bits per heavy atom. The quantitative estimate of drug-likeness (QED) is 0.851. The fourth-order valence-electron chi connectivity index (χ4n) is 1.46. The lowest BCUT2D eigenvalue weighted by Gasteiger charge is -2.21. The monoisotopic (exact) mass is 273 g/mol. The molecule has 1 aromatic carbocycles. The zero-order chi connectivity index (χ0) is 14.4. The van der Waals surface area contributed by atoms with E-state index < -0.39 is 23.5 Å². The zero-order valence-electron chi connectivity index (χ0n) is 10.2. The maximum atomic E-state index is 13.1. The SMILES string of the molecule is COCC(=O)N(CCC(=O)O)c1ccc(F)c(F)c1. The van der Waals surface area contributed by atoms with Crippen LogP contribution in [0.5, 0.6) is 0 Å². The van der Waals surface area contributed by atoms with E-state index in [9.17, 15) is 18.4 Å². The van der Waals surface area contributed by atoms with Gasteiger partial charge in [-0.15, -0.1) is 0 Å². The van der Waals surface area contributed by atoms with Crippen molar-refractivity contribution in [1.29, 1.82) is 0 Å². The molecule has 0 radical (unpaired) electrons. The minimum Gasteiger partial charge on any atom is -0.481 e. The standard InChI is InChI=1S/C12H13F2NO4/c1-19-7-11(16)15(5-4-12(17)18)8-2-3-9(13)10(14)6-8/h2-3,6H,4-5,7H2,1H3,(H,17,18). The number of benzene rings is 1. The highest BCUT2D eigenvalue weighted by Gasteiger charge is 2.18. The van der Waals surface area contributed by atoms with Crippen LogP contribution in [0, 0.1) is 11.6 Å². The van der Waals surface area contributed by atoms with E-state index in [0.29, 0.717) is 0 Å². The number of amides is 1. The van der Waals surface area contributed by atoms with E-state index in [1.807, 2.05) is 0 Å². The fraction of sp³-hybridized carbons (Fsp3) is 0.333. The minimum absolute atomic E-state index is 0.0854. The summed E-state index contributed by atoms with van der Waals surface area (Å²) in [7, 11) is 1.30. The molecule has 0 saturated heterocycles. The molecular weight excluding hydrogens is 260 g/mol. The van der Waals surface area contributed by atoms with Gasteiger partial charge in [0.05, 0.1) is 6.42 Å². The van der Waals surface area contributed by atoms with Crippen LogP contribution in [0.15, 0.2) is 18.2 Å². The van der Waals surface area contributed by atoms with Crippen molar-refractivity contribution < 1.29 is 28.2 Å². The molecule has 0 aliphatic carbocycles. The Bertz CT molecular complexity index is 479. The highest BCUT2D eigenvalue weighted by atomic mass is 19.2. The van der Waals surface area contributed by atoms with Crippen LogP contribution in [0.1, 0.15) is 6.42 Å². The van der Waals surface area contributed by atoms with Crippen LogP contribution in [-0.4, -0.2) is 37.2 Å². The number of aliphatic carboxylic acids is 1. The number of rotatable bonds is 6. The Balaban J connectivity index is 2.96. The topological polar surface area (TPSA) is 66.8 Å². The van der Waals surface area contributed by atoms with Crippen molar-refractivity contribution >= 4 is 17.6 Å². The van der Waals surface area contributed by atoms with E-state index in [2.05, 4.69) is 4.74 Å². The number of carbonyl (C=O) groups excluding carboxylic acids is 1. The number of anilines is 1. The molecule has 1 N–H and O–H groups in total. The first-order valence-corrected chi connectivity index (χ1v) is 5.42. The van der Waals surface area contributed by atoms with Crippen molar-refractivity contribution in [3.05, 3.63) is 29.8 Å². The van der Waals surface area contributed by atoms with Crippen LogP contribution in [-0.2, 0) is 14.3 Å². The lowest BCUT2D eigenvalue weighted by Crippen LogP contribution is -2.35. The summed E-state index contributed by atoms with van der Waals surface area (Å²) in [6, 6.07) is 2.91. The molecule has 19 heavy (non-hydrogen) atoms. The van der Waals surface area contributed by atoms with Gasteiger partial charge in [-0.25, -0.2) is 8.78 Å². The molecule has 1 rings (SSSR count). The van der Waals surface area contributed by atoms with Gasteiger partial charge in [-0.05, 0) is 12.1 Å². The lowest BCUT2D eigenvalue weighted by molar-refractivity contribution is -0.136. The molecule has 104 valence electrons. The molecule has 0 heterocycles. The molecule has 1 amide bonds. The Morgan fingerprint density at radius 1 is 1.32 bits per heavy atom. The number of halogens is 2. The van der Waals surface area contributed by atoms with Crippen LogP contribution >= 0.6 is 0 Å². The summed E-state index contributed by atoms with van der Waals surface area (Å²) in [5, 5.41) is 8.62. The molecule has 0 spiro atoms. The van der Waals surface area contributed by atoms with Crippen molar-refractivity contribution in [2.45, 2.75) is 6.42 Å². The number of hydrogen-bond acceptors (Lipinski definition) is 3. The first kappa shape index (κ1) is 15.0. The second-order valence-electron chi connectivity index (χ2n) is 3.72. The van der Waals surface area contributed by atoms with Crippen molar-refractivity contribution in [3.63, 3.8) is 0 Å². The van der Waals surface area contributed by atoms with Crippen molar-refractivity contribution in [2.75, 3.05) is 25.2 Å². The summed E-state index contributed by atoms with van der Waals surface area (Å²) >= 11 is 0. The molecule has 0 atom stereocenters. The smallest absolute Gasteiger partial charge is 0.305 e. The summed E-state index contributed by atoms with van der Waals surface area (Å²) in [6.07, 6.45) is -0.311. The Kier molecular flexibility index (Phi) is 5.37. The number of carboxylic acids is 1. The maximum absolute atomic E-state index is 13.1. The predicted molar refractivity (Wildman–Crippen MR) is 62.8 cm³/mol. The van der Waals surface area contributed by atoms with E-state index in [-0.39, 0.29) is 25.3 Å². The van der Waals surface area contributed by atoms with E-state index in [4.69, 9.17) is 5.11 Å². The maximum Gasteiger partial charge on any atom is 0.305 e. The van der Waals surface area contributed by atoms with Crippen LogP contribution in [0.25, 0.3) is 0 Å². The van der Waals surface area contributed by atoms with Gasteiger partial charge in [-0.3, -0.25) is 9.59 Å². The molecule has 0 fully saturated rings. The number of hydrogen-bond donors (Lipinski definition) is 1. The number of carbonyl (C=O) groups is 2. The van der Waals surface area contributed by atoms with Gasteiger partial charge in [0, 0.05) is 25.4 Å². The van der Waals surface area contributed by atoms with Gasteiger partial charge in [-0.1, -0.05) is 0 Å². The average Bonchev–Trinajstić information content (AvgIpc) is 2.33. The molecule has 5 nitrogen and oxygen atoms in total. The molecule has 0 saturated carbocycles. The van der Waals surface area contributed by atoms with Gasteiger partial charge in [0.25, 0.3) is 5.91 Å². The van der Waals surface area contributed by atoms with Crippen molar-refractivity contribution in [3.8, 4) is 0 Å². The number of methoxy groups -OCH3 is 1. The molecule has 0 aromatic heterocycles. The van der Waals surface area contributed by atoms with Gasteiger partial charge in [0.2, 0.25) is 0 Å². The Morgan fingerprint density at radius 2 is 2.00 bits per heavy atom. The third-order valence-electron chi connectivity index (χ3n) is 2.33. The zero-order valence-corrected chi connectivity index (χ0v) is 10.2. The molecule has 0 aliphatic heterocycles. The highest BCUT2D eigenvalue weighted by Crippen LogP contribution is 2.18. The summed E-state index contributed by atoms with van der Waals surface area (Å²) in [5.74, 6) is -3.78. The number of carboxylic acid groups (broad SMARTS) is 1. The van der Waals surface area contributed by atoms with Crippen LogP contribution < -0.4 is 4.90 Å². The van der Waals surface area contributed by atoms with Gasteiger partial charge in [-0.2, -0.15) is 0 Å². The predicted octanol–water partition coefficient (Wildman–Crippen LogP) is 1.42. The van der Waals surface area contributed by atoms with E-state index in [1.165, 1.54) is 13.2 Å². The minimum atomic E-state index is -1.11.